The monoisotopic (exact) mass is 221 g/mol. The highest BCUT2D eigenvalue weighted by molar-refractivity contribution is 5.56. The molecule has 0 aliphatic carbocycles. The van der Waals surface area contributed by atoms with Gasteiger partial charge in [0.25, 0.3) is 0 Å². The molecule has 0 radical (unpaired) electrons. The van der Waals surface area contributed by atoms with Crippen LogP contribution in [0.1, 0.15) is 5.82 Å². The van der Waals surface area contributed by atoms with Gasteiger partial charge in [-0.2, -0.15) is 5.21 Å². The standard InChI is InChI=1S/C7H7N7O2/c15-14(16)7-5(2-1-3-8-7)9-4-6-10-12-13-11-6/h1-3,9H,4H2,(H,10,11,12,13). The average molecular weight is 221 g/mol. The van der Waals surface area contributed by atoms with Gasteiger partial charge in [0.1, 0.15) is 11.9 Å². The molecular weight excluding hydrogens is 214 g/mol. The highest BCUT2D eigenvalue weighted by Crippen LogP contribution is 2.20. The number of pyridine rings is 1. The van der Waals surface area contributed by atoms with Crippen molar-refractivity contribution in [1.29, 1.82) is 0 Å². The van der Waals surface area contributed by atoms with Crippen LogP contribution in [-0.4, -0.2) is 30.5 Å². The Labute approximate surface area is 89.0 Å². The molecule has 2 heterocycles. The van der Waals surface area contributed by atoms with Crippen LogP contribution in [0.3, 0.4) is 0 Å². The van der Waals surface area contributed by atoms with Crippen LogP contribution in [0.2, 0.25) is 0 Å². The maximum Gasteiger partial charge on any atom is 0.386 e. The molecule has 0 aromatic carbocycles. The van der Waals surface area contributed by atoms with E-state index in [4.69, 9.17) is 0 Å². The van der Waals surface area contributed by atoms with Crippen LogP contribution in [0.15, 0.2) is 18.3 Å². The summed E-state index contributed by atoms with van der Waals surface area (Å²) in [7, 11) is 0. The summed E-state index contributed by atoms with van der Waals surface area (Å²) in [6.45, 7) is 0.239. The molecule has 0 unspecified atom stereocenters. The molecular formula is C7H7N7O2. The quantitative estimate of drug-likeness (QED) is 0.554. The van der Waals surface area contributed by atoms with Gasteiger partial charge >= 0.3 is 5.82 Å². The molecule has 0 atom stereocenters. The van der Waals surface area contributed by atoms with E-state index in [1.54, 1.807) is 12.1 Å². The van der Waals surface area contributed by atoms with E-state index in [0.29, 0.717) is 11.5 Å². The molecule has 0 bridgehead atoms. The van der Waals surface area contributed by atoms with Crippen molar-refractivity contribution in [2.24, 2.45) is 0 Å². The number of aromatic amines is 1. The summed E-state index contributed by atoms with van der Waals surface area (Å²) >= 11 is 0. The Morgan fingerprint density at radius 1 is 1.56 bits per heavy atom. The fraction of sp³-hybridized carbons (Fsp3) is 0.143. The molecule has 0 spiro atoms. The van der Waals surface area contributed by atoms with Gasteiger partial charge < -0.3 is 15.4 Å². The molecule has 82 valence electrons. The Morgan fingerprint density at radius 3 is 3.12 bits per heavy atom. The van der Waals surface area contributed by atoms with Crippen LogP contribution in [-0.2, 0) is 6.54 Å². The molecule has 9 heteroatoms. The van der Waals surface area contributed by atoms with Gasteiger partial charge in [0.05, 0.1) is 6.54 Å². The van der Waals surface area contributed by atoms with E-state index in [9.17, 15) is 10.1 Å². The predicted molar refractivity (Wildman–Crippen MR) is 52.4 cm³/mol. The minimum absolute atomic E-state index is 0.231. The Bertz CT molecular complexity index is 483. The summed E-state index contributed by atoms with van der Waals surface area (Å²) in [6.07, 6.45) is 1.36. The number of nitro groups is 1. The van der Waals surface area contributed by atoms with E-state index in [-0.39, 0.29) is 12.4 Å². The van der Waals surface area contributed by atoms with E-state index < -0.39 is 4.92 Å². The summed E-state index contributed by atoms with van der Waals surface area (Å²) in [5.74, 6) is 0.184. The van der Waals surface area contributed by atoms with E-state index in [1.807, 2.05) is 0 Å². The highest BCUT2D eigenvalue weighted by Gasteiger charge is 2.13. The van der Waals surface area contributed by atoms with Gasteiger partial charge in [0.2, 0.25) is 0 Å². The lowest BCUT2D eigenvalue weighted by Gasteiger charge is -2.02. The number of anilines is 1. The van der Waals surface area contributed by atoms with E-state index in [1.165, 1.54) is 6.20 Å². The second kappa shape index (κ2) is 4.29. The first kappa shape index (κ1) is 9.96. The topological polar surface area (TPSA) is 123 Å². The Kier molecular flexibility index (Phi) is 2.67. The first-order chi connectivity index (χ1) is 7.77. The maximum atomic E-state index is 10.6. The Hall–Kier alpha value is -2.58. The van der Waals surface area contributed by atoms with Gasteiger partial charge in [0.15, 0.2) is 5.82 Å². The van der Waals surface area contributed by atoms with Crippen LogP contribution in [0.5, 0.6) is 0 Å². The van der Waals surface area contributed by atoms with E-state index in [0.717, 1.165) is 0 Å². The molecule has 0 saturated carbocycles. The number of aromatic nitrogens is 5. The number of rotatable bonds is 4. The smallest absolute Gasteiger partial charge is 0.371 e. The van der Waals surface area contributed by atoms with Crippen LogP contribution >= 0.6 is 0 Å². The van der Waals surface area contributed by atoms with Gasteiger partial charge in [0, 0.05) is 0 Å². The molecule has 0 aliphatic heterocycles. The van der Waals surface area contributed by atoms with Gasteiger partial charge in [-0.05, 0) is 22.0 Å². The molecule has 0 amide bonds. The lowest BCUT2D eigenvalue weighted by atomic mass is 10.4. The van der Waals surface area contributed by atoms with Crippen molar-refractivity contribution in [3.05, 3.63) is 34.3 Å². The van der Waals surface area contributed by atoms with E-state index >= 15 is 0 Å². The molecule has 2 aromatic heterocycles. The molecule has 2 aromatic rings. The molecule has 2 N–H and O–H groups in total. The third kappa shape index (κ3) is 2.08. The third-order valence-corrected chi connectivity index (χ3v) is 1.79. The second-order valence-corrected chi connectivity index (χ2v) is 2.81. The molecule has 16 heavy (non-hydrogen) atoms. The average Bonchev–Trinajstić information content (AvgIpc) is 2.79. The van der Waals surface area contributed by atoms with Crippen LogP contribution in [0.25, 0.3) is 0 Å². The van der Waals surface area contributed by atoms with Crippen LogP contribution in [0.4, 0.5) is 11.5 Å². The molecule has 0 fully saturated rings. The van der Waals surface area contributed by atoms with Gasteiger partial charge in [-0.3, -0.25) is 0 Å². The zero-order chi connectivity index (χ0) is 11.4. The first-order valence-corrected chi connectivity index (χ1v) is 4.33. The van der Waals surface area contributed by atoms with E-state index in [2.05, 4.69) is 30.9 Å². The summed E-state index contributed by atoms with van der Waals surface area (Å²) in [5, 5.41) is 26.5. The van der Waals surface area contributed by atoms with Crippen molar-refractivity contribution >= 4 is 11.5 Å². The normalized spacial score (nSPS) is 10.0. The first-order valence-electron chi connectivity index (χ1n) is 4.33. The van der Waals surface area contributed by atoms with Crippen molar-refractivity contribution < 1.29 is 4.92 Å². The summed E-state index contributed by atoms with van der Waals surface area (Å²) < 4.78 is 0. The summed E-state index contributed by atoms with van der Waals surface area (Å²) in [5.41, 5.74) is 0.317. The number of hydrogen-bond acceptors (Lipinski definition) is 7. The minimum atomic E-state index is -0.557. The lowest BCUT2D eigenvalue weighted by molar-refractivity contribution is -0.388. The second-order valence-electron chi connectivity index (χ2n) is 2.81. The molecule has 9 nitrogen and oxygen atoms in total. The zero-order valence-electron chi connectivity index (χ0n) is 7.99. The molecule has 0 aliphatic rings. The van der Waals surface area contributed by atoms with Gasteiger partial charge in [-0.15, -0.1) is 10.2 Å². The largest absolute Gasteiger partial charge is 0.386 e. The van der Waals surface area contributed by atoms with Crippen molar-refractivity contribution in [3.8, 4) is 0 Å². The summed E-state index contributed by atoms with van der Waals surface area (Å²) in [6, 6.07) is 3.16. The predicted octanol–water partition coefficient (Wildman–Crippen LogP) is 0.115. The minimum Gasteiger partial charge on any atom is -0.371 e. The van der Waals surface area contributed by atoms with Crippen molar-refractivity contribution in [2.75, 3.05) is 5.32 Å². The fourth-order valence-electron chi connectivity index (χ4n) is 1.11. The highest BCUT2D eigenvalue weighted by atomic mass is 16.6. The Balaban J connectivity index is 2.12. The van der Waals surface area contributed by atoms with Crippen LogP contribution in [0, 0.1) is 10.1 Å². The number of hydrogen-bond donors (Lipinski definition) is 2. The fourth-order valence-corrected chi connectivity index (χ4v) is 1.11. The third-order valence-electron chi connectivity index (χ3n) is 1.79. The van der Waals surface area contributed by atoms with Crippen molar-refractivity contribution in [1.82, 2.24) is 25.6 Å². The van der Waals surface area contributed by atoms with Crippen molar-refractivity contribution in [3.63, 3.8) is 0 Å². The Morgan fingerprint density at radius 2 is 2.44 bits per heavy atom. The molecule has 0 saturated heterocycles. The lowest BCUT2D eigenvalue weighted by Crippen LogP contribution is -2.05. The zero-order valence-corrected chi connectivity index (χ0v) is 7.99. The summed E-state index contributed by atoms with van der Waals surface area (Å²) in [4.78, 5) is 13.7. The SMILES string of the molecule is O=[N+]([O-])c1ncccc1NCc1nn[nH]n1. The number of nitrogens with zero attached hydrogens (tertiary/aromatic N) is 5. The number of tetrazole rings is 1. The van der Waals surface area contributed by atoms with Gasteiger partial charge in [-0.25, -0.2) is 0 Å². The maximum absolute atomic E-state index is 10.6. The van der Waals surface area contributed by atoms with Crippen molar-refractivity contribution in [2.45, 2.75) is 6.54 Å². The number of H-pyrrole nitrogens is 1. The number of nitrogens with one attached hydrogen (secondary N) is 2. The molecule has 2 rings (SSSR count). The van der Waals surface area contributed by atoms with Crippen LogP contribution < -0.4 is 5.32 Å². The van der Waals surface area contributed by atoms with Gasteiger partial charge in [-0.1, -0.05) is 5.21 Å².